The lowest BCUT2D eigenvalue weighted by molar-refractivity contribution is 0.454. The molecule has 0 amide bonds. The van der Waals surface area contributed by atoms with Crippen LogP contribution in [0.2, 0.25) is 0 Å². The van der Waals surface area contributed by atoms with Gasteiger partial charge >= 0.3 is 0 Å². The molecule has 0 saturated carbocycles. The van der Waals surface area contributed by atoms with Gasteiger partial charge in [-0.2, -0.15) is 5.10 Å². The highest BCUT2D eigenvalue weighted by Crippen LogP contribution is 2.04. The van der Waals surface area contributed by atoms with Gasteiger partial charge in [0.25, 0.3) is 0 Å². The Bertz CT molecular complexity index is 419. The first-order valence-corrected chi connectivity index (χ1v) is 5.48. The van der Waals surface area contributed by atoms with Gasteiger partial charge in [-0.25, -0.2) is 0 Å². The summed E-state index contributed by atoms with van der Waals surface area (Å²) in [5.41, 5.74) is 1.06. The Kier molecular flexibility index (Phi) is 3.41. The lowest BCUT2D eigenvalue weighted by Gasteiger charge is -2.10. The van der Waals surface area contributed by atoms with E-state index in [1.54, 1.807) is 6.26 Å². The van der Waals surface area contributed by atoms with Gasteiger partial charge in [-0.3, -0.25) is 4.68 Å². The second-order valence-electron chi connectivity index (χ2n) is 4.05. The molecule has 0 bridgehead atoms. The first-order chi connectivity index (χ1) is 7.74. The van der Waals surface area contributed by atoms with Crippen LogP contribution < -0.4 is 5.32 Å². The quantitative estimate of drug-likeness (QED) is 0.833. The van der Waals surface area contributed by atoms with E-state index in [-0.39, 0.29) is 0 Å². The zero-order valence-electron chi connectivity index (χ0n) is 9.68. The van der Waals surface area contributed by atoms with Crippen LogP contribution in [-0.2, 0) is 20.0 Å². The van der Waals surface area contributed by atoms with E-state index in [0.717, 1.165) is 24.4 Å². The summed E-state index contributed by atoms with van der Waals surface area (Å²) < 4.78 is 7.11. The van der Waals surface area contributed by atoms with Crippen molar-refractivity contribution in [3.8, 4) is 0 Å². The van der Waals surface area contributed by atoms with Crippen LogP contribution in [0.1, 0.15) is 18.4 Å². The second kappa shape index (κ2) is 4.99. The highest BCUT2D eigenvalue weighted by molar-refractivity contribution is 5.01. The molecule has 4 heteroatoms. The highest BCUT2D eigenvalue weighted by atomic mass is 16.3. The molecule has 0 fully saturated rings. The summed E-state index contributed by atoms with van der Waals surface area (Å²) in [6.07, 6.45) is 4.56. The molecule has 4 nitrogen and oxygen atoms in total. The minimum Gasteiger partial charge on any atom is -0.469 e. The standard InChI is InChI=1S/C12H17N3O/c1-10(8-12-4-3-7-16-12)13-9-11-5-6-15(2)14-11/h3-7,10,13H,8-9H2,1-2H3. The van der Waals surface area contributed by atoms with Crippen molar-refractivity contribution in [3.63, 3.8) is 0 Å². The Labute approximate surface area is 95.3 Å². The van der Waals surface area contributed by atoms with Crippen molar-refractivity contribution in [2.75, 3.05) is 0 Å². The maximum absolute atomic E-state index is 5.30. The molecule has 86 valence electrons. The van der Waals surface area contributed by atoms with Crippen molar-refractivity contribution in [2.45, 2.75) is 25.9 Å². The molecule has 2 rings (SSSR count). The maximum atomic E-state index is 5.30. The van der Waals surface area contributed by atoms with Crippen LogP contribution in [0.5, 0.6) is 0 Å². The smallest absolute Gasteiger partial charge is 0.105 e. The topological polar surface area (TPSA) is 43.0 Å². The van der Waals surface area contributed by atoms with E-state index in [4.69, 9.17) is 4.42 Å². The molecule has 0 aromatic carbocycles. The minimum atomic E-state index is 0.383. The Morgan fingerprint density at radius 2 is 2.38 bits per heavy atom. The van der Waals surface area contributed by atoms with Gasteiger partial charge in [0.2, 0.25) is 0 Å². The van der Waals surface area contributed by atoms with Crippen LogP contribution in [0.25, 0.3) is 0 Å². The second-order valence-corrected chi connectivity index (χ2v) is 4.05. The van der Waals surface area contributed by atoms with Crippen molar-refractivity contribution in [1.29, 1.82) is 0 Å². The third-order valence-electron chi connectivity index (χ3n) is 2.49. The molecule has 2 heterocycles. The van der Waals surface area contributed by atoms with Crippen LogP contribution in [0.15, 0.2) is 35.1 Å². The molecule has 0 saturated heterocycles. The monoisotopic (exact) mass is 219 g/mol. The van der Waals surface area contributed by atoms with E-state index in [1.807, 2.05) is 36.1 Å². The number of aryl methyl sites for hydroxylation is 1. The maximum Gasteiger partial charge on any atom is 0.105 e. The Hall–Kier alpha value is -1.55. The van der Waals surface area contributed by atoms with Crippen molar-refractivity contribution in [1.82, 2.24) is 15.1 Å². The fourth-order valence-corrected chi connectivity index (χ4v) is 1.64. The van der Waals surface area contributed by atoms with Crippen molar-refractivity contribution in [2.24, 2.45) is 7.05 Å². The fraction of sp³-hybridized carbons (Fsp3) is 0.417. The average Bonchev–Trinajstić information content (AvgIpc) is 2.87. The molecule has 2 aromatic heterocycles. The van der Waals surface area contributed by atoms with Gasteiger partial charge < -0.3 is 9.73 Å². The summed E-state index contributed by atoms with van der Waals surface area (Å²) in [6.45, 7) is 2.94. The predicted molar refractivity (Wildman–Crippen MR) is 61.9 cm³/mol. The van der Waals surface area contributed by atoms with Gasteiger partial charge in [0, 0.05) is 32.3 Å². The number of aromatic nitrogens is 2. The van der Waals surface area contributed by atoms with Crippen LogP contribution in [0, 0.1) is 0 Å². The fourth-order valence-electron chi connectivity index (χ4n) is 1.64. The zero-order chi connectivity index (χ0) is 11.4. The number of furan rings is 1. The van der Waals surface area contributed by atoms with Crippen LogP contribution >= 0.6 is 0 Å². The highest BCUT2D eigenvalue weighted by Gasteiger charge is 2.05. The number of rotatable bonds is 5. The molecule has 0 aliphatic heterocycles. The molecule has 2 aromatic rings. The molecule has 16 heavy (non-hydrogen) atoms. The van der Waals surface area contributed by atoms with E-state index < -0.39 is 0 Å². The van der Waals surface area contributed by atoms with E-state index in [0.29, 0.717) is 6.04 Å². The lowest BCUT2D eigenvalue weighted by Crippen LogP contribution is -2.27. The number of hydrogen-bond donors (Lipinski definition) is 1. The first-order valence-electron chi connectivity index (χ1n) is 5.48. The zero-order valence-corrected chi connectivity index (χ0v) is 9.68. The molecule has 0 aliphatic carbocycles. The minimum absolute atomic E-state index is 0.383. The molecule has 0 radical (unpaired) electrons. The molecule has 1 atom stereocenters. The SMILES string of the molecule is CC(Cc1ccco1)NCc1ccn(C)n1. The summed E-state index contributed by atoms with van der Waals surface area (Å²) in [5.74, 6) is 1.01. The van der Waals surface area contributed by atoms with Crippen molar-refractivity contribution >= 4 is 0 Å². The Balaban J connectivity index is 1.77. The van der Waals surface area contributed by atoms with Gasteiger partial charge in [0.1, 0.15) is 5.76 Å². The van der Waals surface area contributed by atoms with E-state index in [2.05, 4.69) is 17.3 Å². The van der Waals surface area contributed by atoms with E-state index >= 15 is 0 Å². The summed E-state index contributed by atoms with van der Waals surface area (Å²) in [6, 6.07) is 6.32. The lowest BCUT2D eigenvalue weighted by atomic mass is 10.2. The number of nitrogens with zero attached hydrogens (tertiary/aromatic N) is 2. The molecular weight excluding hydrogens is 202 g/mol. The van der Waals surface area contributed by atoms with Gasteiger partial charge in [-0.1, -0.05) is 0 Å². The summed E-state index contributed by atoms with van der Waals surface area (Å²) in [5, 5.41) is 7.73. The van der Waals surface area contributed by atoms with E-state index in [1.165, 1.54) is 0 Å². The number of hydrogen-bond acceptors (Lipinski definition) is 3. The van der Waals surface area contributed by atoms with Gasteiger partial charge in [0.15, 0.2) is 0 Å². The van der Waals surface area contributed by atoms with Crippen molar-refractivity contribution in [3.05, 3.63) is 42.1 Å². The largest absolute Gasteiger partial charge is 0.469 e. The Morgan fingerprint density at radius 1 is 1.50 bits per heavy atom. The van der Waals surface area contributed by atoms with E-state index in [9.17, 15) is 0 Å². The van der Waals surface area contributed by atoms with Gasteiger partial charge in [-0.05, 0) is 25.1 Å². The average molecular weight is 219 g/mol. The van der Waals surface area contributed by atoms with Crippen LogP contribution in [0.3, 0.4) is 0 Å². The van der Waals surface area contributed by atoms with Crippen LogP contribution in [-0.4, -0.2) is 15.8 Å². The summed E-state index contributed by atoms with van der Waals surface area (Å²) in [4.78, 5) is 0. The third-order valence-corrected chi connectivity index (χ3v) is 2.49. The summed E-state index contributed by atoms with van der Waals surface area (Å²) in [7, 11) is 1.93. The molecule has 1 unspecified atom stereocenters. The number of nitrogens with one attached hydrogen (secondary N) is 1. The Morgan fingerprint density at radius 3 is 3.00 bits per heavy atom. The van der Waals surface area contributed by atoms with Gasteiger partial charge in [0.05, 0.1) is 12.0 Å². The molecular formula is C12H17N3O. The normalized spacial score (nSPS) is 12.9. The molecule has 0 aliphatic rings. The van der Waals surface area contributed by atoms with Gasteiger partial charge in [-0.15, -0.1) is 0 Å². The molecule has 1 N–H and O–H groups in total. The predicted octanol–water partition coefficient (Wildman–Crippen LogP) is 1.73. The van der Waals surface area contributed by atoms with Crippen LogP contribution in [0.4, 0.5) is 0 Å². The first kappa shape index (κ1) is 11.0. The summed E-state index contributed by atoms with van der Waals surface area (Å²) >= 11 is 0. The molecule has 0 spiro atoms. The third kappa shape index (κ3) is 2.97. The van der Waals surface area contributed by atoms with Crippen molar-refractivity contribution < 1.29 is 4.42 Å².